The second-order valence-electron chi connectivity index (χ2n) is 7.35. The number of rotatable bonds is 3. The average molecular weight is 369 g/mol. The average Bonchev–Trinajstić information content (AvgIpc) is 2.66. The third-order valence-electron chi connectivity index (χ3n) is 4.79. The molecule has 0 aliphatic carbocycles. The fourth-order valence-electron chi connectivity index (χ4n) is 3.51. The molecule has 0 aromatic heterocycles. The first kappa shape index (κ1) is 17.5. The highest BCUT2D eigenvalue weighted by molar-refractivity contribution is 5.95. The minimum atomic E-state index is -0.399. The Bertz CT molecular complexity index is 877. The zero-order valence-corrected chi connectivity index (χ0v) is 15.7. The number of carbonyl (C=O) groups is 1. The molecule has 2 aromatic carbocycles. The predicted molar refractivity (Wildman–Crippen MR) is 100.0 cm³/mol. The van der Waals surface area contributed by atoms with Crippen molar-refractivity contribution in [3.8, 4) is 23.0 Å². The van der Waals surface area contributed by atoms with Gasteiger partial charge in [-0.1, -0.05) is 0 Å². The SMILES string of the molecule is COc1ccc2c(c1)OC(C)(C)C[C@@H]2NC(=O)c1ccc2c(c1)OCCO2. The van der Waals surface area contributed by atoms with Crippen molar-refractivity contribution in [2.75, 3.05) is 20.3 Å². The second kappa shape index (κ2) is 6.68. The summed E-state index contributed by atoms with van der Waals surface area (Å²) in [5.41, 5.74) is 1.09. The van der Waals surface area contributed by atoms with Gasteiger partial charge in [0.05, 0.1) is 13.2 Å². The van der Waals surface area contributed by atoms with E-state index < -0.39 is 5.60 Å². The highest BCUT2D eigenvalue weighted by Crippen LogP contribution is 2.41. The van der Waals surface area contributed by atoms with E-state index in [1.165, 1.54) is 0 Å². The van der Waals surface area contributed by atoms with E-state index in [2.05, 4.69) is 5.32 Å². The number of methoxy groups -OCH3 is 1. The number of nitrogens with one attached hydrogen (secondary N) is 1. The molecule has 2 aliphatic rings. The molecule has 1 atom stereocenters. The van der Waals surface area contributed by atoms with Crippen molar-refractivity contribution in [1.29, 1.82) is 0 Å². The lowest BCUT2D eigenvalue weighted by atomic mass is 9.89. The van der Waals surface area contributed by atoms with Gasteiger partial charge in [-0.2, -0.15) is 0 Å². The smallest absolute Gasteiger partial charge is 0.251 e. The van der Waals surface area contributed by atoms with Crippen LogP contribution in [0.4, 0.5) is 0 Å². The van der Waals surface area contributed by atoms with Gasteiger partial charge in [0, 0.05) is 23.6 Å². The number of ether oxygens (including phenoxy) is 4. The largest absolute Gasteiger partial charge is 0.497 e. The molecular weight excluding hydrogens is 346 g/mol. The Balaban J connectivity index is 1.59. The Kier molecular flexibility index (Phi) is 4.34. The number of hydrogen-bond donors (Lipinski definition) is 1. The molecule has 6 nitrogen and oxygen atoms in total. The zero-order chi connectivity index (χ0) is 19.0. The molecule has 2 heterocycles. The number of fused-ring (bicyclic) bond motifs is 2. The van der Waals surface area contributed by atoms with Crippen molar-refractivity contribution >= 4 is 5.91 Å². The van der Waals surface area contributed by atoms with E-state index >= 15 is 0 Å². The van der Waals surface area contributed by atoms with Gasteiger partial charge in [-0.05, 0) is 44.2 Å². The summed E-state index contributed by atoms with van der Waals surface area (Å²) in [6.07, 6.45) is 0.669. The lowest BCUT2D eigenvalue weighted by Crippen LogP contribution is -2.41. The van der Waals surface area contributed by atoms with Crippen LogP contribution in [0.25, 0.3) is 0 Å². The highest BCUT2D eigenvalue weighted by atomic mass is 16.6. The van der Waals surface area contributed by atoms with Crippen LogP contribution in [0.3, 0.4) is 0 Å². The number of benzene rings is 2. The quantitative estimate of drug-likeness (QED) is 0.897. The van der Waals surface area contributed by atoms with Crippen molar-refractivity contribution < 1.29 is 23.7 Å². The lowest BCUT2D eigenvalue weighted by Gasteiger charge is -2.38. The maximum Gasteiger partial charge on any atom is 0.251 e. The topological polar surface area (TPSA) is 66.0 Å². The first-order valence-electron chi connectivity index (χ1n) is 9.03. The van der Waals surface area contributed by atoms with E-state index in [1.807, 2.05) is 32.0 Å². The summed E-state index contributed by atoms with van der Waals surface area (Å²) in [5.74, 6) is 2.58. The van der Waals surface area contributed by atoms with Crippen LogP contribution < -0.4 is 24.3 Å². The normalized spacial score (nSPS) is 19.4. The van der Waals surface area contributed by atoms with Gasteiger partial charge in [0.2, 0.25) is 0 Å². The Hall–Kier alpha value is -2.89. The molecule has 27 heavy (non-hydrogen) atoms. The first-order chi connectivity index (χ1) is 12.9. The molecule has 142 valence electrons. The van der Waals surface area contributed by atoms with Gasteiger partial charge in [-0.15, -0.1) is 0 Å². The van der Waals surface area contributed by atoms with Crippen molar-refractivity contribution in [1.82, 2.24) is 5.32 Å². The third-order valence-corrected chi connectivity index (χ3v) is 4.79. The van der Waals surface area contributed by atoms with E-state index in [0.29, 0.717) is 36.7 Å². The summed E-state index contributed by atoms with van der Waals surface area (Å²) < 4.78 is 22.5. The predicted octanol–water partition coefficient (Wildman–Crippen LogP) is 3.50. The van der Waals surface area contributed by atoms with E-state index in [-0.39, 0.29) is 11.9 Å². The lowest BCUT2D eigenvalue weighted by molar-refractivity contribution is 0.0617. The van der Waals surface area contributed by atoms with Crippen LogP contribution in [0.2, 0.25) is 0 Å². The van der Waals surface area contributed by atoms with Crippen LogP contribution in [0, 0.1) is 0 Å². The Morgan fingerprint density at radius 1 is 1.07 bits per heavy atom. The summed E-state index contributed by atoms with van der Waals surface area (Å²) in [6.45, 7) is 5.04. The third kappa shape index (κ3) is 3.52. The standard InChI is InChI=1S/C21H23NO5/c1-21(2)12-16(15-6-5-14(24-3)11-18(15)27-21)22-20(23)13-4-7-17-19(10-13)26-9-8-25-17/h4-7,10-11,16H,8-9,12H2,1-3H3,(H,22,23)/t16-/m0/s1. The van der Waals surface area contributed by atoms with Crippen molar-refractivity contribution in [3.05, 3.63) is 47.5 Å². The van der Waals surface area contributed by atoms with Gasteiger partial charge >= 0.3 is 0 Å². The minimum Gasteiger partial charge on any atom is -0.497 e. The van der Waals surface area contributed by atoms with Gasteiger partial charge in [0.1, 0.15) is 30.3 Å². The van der Waals surface area contributed by atoms with E-state index in [9.17, 15) is 4.79 Å². The summed E-state index contributed by atoms with van der Waals surface area (Å²) in [5, 5.41) is 3.14. The molecule has 0 unspecified atom stereocenters. The zero-order valence-electron chi connectivity index (χ0n) is 15.7. The van der Waals surface area contributed by atoms with Gasteiger partial charge in [0.15, 0.2) is 11.5 Å². The molecular formula is C21H23NO5. The van der Waals surface area contributed by atoms with Gasteiger partial charge in [-0.25, -0.2) is 0 Å². The van der Waals surface area contributed by atoms with Crippen LogP contribution in [-0.4, -0.2) is 31.8 Å². The van der Waals surface area contributed by atoms with E-state index in [4.69, 9.17) is 18.9 Å². The molecule has 0 radical (unpaired) electrons. The number of hydrogen-bond acceptors (Lipinski definition) is 5. The van der Waals surface area contributed by atoms with Crippen LogP contribution >= 0.6 is 0 Å². The molecule has 6 heteroatoms. The summed E-state index contributed by atoms with van der Waals surface area (Å²) in [7, 11) is 1.62. The van der Waals surface area contributed by atoms with Crippen molar-refractivity contribution in [3.63, 3.8) is 0 Å². The molecule has 1 amide bonds. The molecule has 0 fully saturated rings. The number of carbonyl (C=O) groups excluding carboxylic acids is 1. The summed E-state index contributed by atoms with van der Waals surface area (Å²) in [6, 6.07) is 10.8. The minimum absolute atomic E-state index is 0.156. The summed E-state index contributed by atoms with van der Waals surface area (Å²) >= 11 is 0. The molecule has 0 spiro atoms. The molecule has 2 aliphatic heterocycles. The fourth-order valence-corrected chi connectivity index (χ4v) is 3.51. The van der Waals surface area contributed by atoms with E-state index in [1.54, 1.807) is 25.3 Å². The first-order valence-corrected chi connectivity index (χ1v) is 9.03. The van der Waals surface area contributed by atoms with Crippen LogP contribution in [0.1, 0.15) is 42.2 Å². The molecule has 0 saturated heterocycles. The molecule has 1 N–H and O–H groups in total. The Morgan fingerprint density at radius 2 is 1.85 bits per heavy atom. The highest BCUT2D eigenvalue weighted by Gasteiger charge is 2.35. The van der Waals surface area contributed by atoms with Gasteiger partial charge in [0.25, 0.3) is 5.91 Å². The Morgan fingerprint density at radius 3 is 2.63 bits per heavy atom. The maximum atomic E-state index is 12.9. The van der Waals surface area contributed by atoms with Crippen LogP contribution in [0.15, 0.2) is 36.4 Å². The van der Waals surface area contributed by atoms with Crippen molar-refractivity contribution in [2.24, 2.45) is 0 Å². The molecule has 0 saturated carbocycles. The monoisotopic (exact) mass is 369 g/mol. The van der Waals surface area contributed by atoms with Crippen LogP contribution in [-0.2, 0) is 0 Å². The molecule has 4 rings (SSSR count). The van der Waals surface area contributed by atoms with Crippen LogP contribution in [0.5, 0.6) is 23.0 Å². The second-order valence-corrected chi connectivity index (χ2v) is 7.35. The van der Waals surface area contributed by atoms with E-state index in [0.717, 1.165) is 17.1 Å². The molecule has 2 aromatic rings. The fraction of sp³-hybridized carbons (Fsp3) is 0.381. The number of amides is 1. The van der Waals surface area contributed by atoms with Crippen molar-refractivity contribution in [2.45, 2.75) is 31.9 Å². The summed E-state index contributed by atoms with van der Waals surface area (Å²) in [4.78, 5) is 12.9. The molecule has 0 bridgehead atoms. The maximum absolute atomic E-state index is 12.9. The van der Waals surface area contributed by atoms with Gasteiger partial charge < -0.3 is 24.3 Å². The van der Waals surface area contributed by atoms with Gasteiger partial charge in [-0.3, -0.25) is 4.79 Å². The Labute approximate surface area is 158 Å².